The fourth-order valence-electron chi connectivity index (χ4n) is 2.45. The molecule has 0 aliphatic heterocycles. The first-order valence-corrected chi connectivity index (χ1v) is 5.83. The van der Waals surface area contributed by atoms with E-state index in [4.69, 9.17) is 0 Å². The molecule has 0 heteroatoms. The van der Waals surface area contributed by atoms with E-state index in [-0.39, 0.29) is 0 Å². The lowest BCUT2D eigenvalue weighted by molar-refractivity contribution is 0.451. The molecule has 2 atom stereocenters. The molecule has 0 amide bonds. The van der Waals surface area contributed by atoms with Crippen molar-refractivity contribution in [3.8, 4) is 0 Å². The average Bonchev–Trinajstić information content (AvgIpc) is 2.45. The minimum Gasteiger partial charge on any atom is -0.0654 e. The highest BCUT2D eigenvalue weighted by atomic mass is 14.3. The maximum atomic E-state index is 2.41. The van der Waals surface area contributed by atoms with Crippen LogP contribution in [-0.2, 0) is 0 Å². The van der Waals surface area contributed by atoms with Crippen LogP contribution in [0.2, 0.25) is 0 Å². The van der Waals surface area contributed by atoms with Gasteiger partial charge in [0, 0.05) is 0 Å². The quantitative estimate of drug-likeness (QED) is 0.534. The molecule has 2 unspecified atom stereocenters. The van der Waals surface area contributed by atoms with Crippen LogP contribution >= 0.6 is 0 Å². The Bertz CT molecular complexity index is 107. The van der Waals surface area contributed by atoms with Gasteiger partial charge in [0.1, 0.15) is 0 Å². The third-order valence-electron chi connectivity index (χ3n) is 3.27. The maximum absolute atomic E-state index is 2.41. The zero-order valence-electron chi connectivity index (χ0n) is 8.81. The van der Waals surface area contributed by atoms with Crippen LogP contribution in [0.15, 0.2) is 0 Å². The second-order valence-corrected chi connectivity index (χ2v) is 4.63. The van der Waals surface area contributed by atoms with Gasteiger partial charge in [0.2, 0.25) is 0 Å². The van der Waals surface area contributed by atoms with E-state index in [1.165, 1.54) is 51.4 Å². The van der Waals surface area contributed by atoms with Gasteiger partial charge >= 0.3 is 0 Å². The summed E-state index contributed by atoms with van der Waals surface area (Å²) in [4.78, 5) is 0. The Labute approximate surface area is 77.7 Å². The molecule has 0 saturated heterocycles. The first-order valence-electron chi connectivity index (χ1n) is 5.83. The van der Waals surface area contributed by atoms with Crippen LogP contribution in [-0.4, -0.2) is 0 Å². The molecular weight excluding hydrogens is 144 g/mol. The highest BCUT2D eigenvalue weighted by molar-refractivity contribution is 4.72. The lowest BCUT2D eigenvalue weighted by Gasteiger charge is -2.08. The summed E-state index contributed by atoms with van der Waals surface area (Å²) in [7, 11) is 0. The van der Waals surface area contributed by atoms with Crippen LogP contribution in [0.1, 0.15) is 65.2 Å². The topological polar surface area (TPSA) is 0 Å². The summed E-state index contributed by atoms with van der Waals surface area (Å²) in [6.07, 6.45) is 11.8. The van der Waals surface area contributed by atoms with Crippen LogP contribution in [0.3, 0.4) is 0 Å². The van der Waals surface area contributed by atoms with Crippen LogP contribution in [0, 0.1) is 11.8 Å². The molecule has 0 bridgehead atoms. The van der Waals surface area contributed by atoms with E-state index in [1.54, 1.807) is 0 Å². The number of hydrogen-bond acceptors (Lipinski definition) is 0. The Hall–Kier alpha value is 0. The Morgan fingerprint density at radius 2 is 1.92 bits per heavy atom. The van der Waals surface area contributed by atoms with Crippen molar-refractivity contribution in [3.05, 3.63) is 0 Å². The van der Waals surface area contributed by atoms with Gasteiger partial charge in [-0.15, -0.1) is 0 Å². The second kappa shape index (κ2) is 5.61. The predicted molar refractivity (Wildman–Crippen MR) is 55.3 cm³/mol. The van der Waals surface area contributed by atoms with Crippen LogP contribution < -0.4 is 0 Å². The van der Waals surface area contributed by atoms with Gasteiger partial charge in [-0.05, 0) is 18.3 Å². The van der Waals surface area contributed by atoms with E-state index in [1.807, 2.05) is 0 Å². The smallest absolute Gasteiger partial charge is 0.0412 e. The normalized spacial score (nSPS) is 29.5. The van der Waals surface area contributed by atoms with E-state index in [2.05, 4.69) is 13.8 Å². The summed E-state index contributed by atoms with van der Waals surface area (Å²) in [6, 6.07) is 0. The van der Waals surface area contributed by atoms with Crippen molar-refractivity contribution in [2.24, 2.45) is 11.8 Å². The van der Waals surface area contributed by atoms with E-state index < -0.39 is 0 Å². The lowest BCUT2D eigenvalue weighted by Crippen LogP contribution is -1.94. The molecule has 0 aromatic carbocycles. The molecule has 0 aromatic heterocycles. The number of unbranched alkanes of at least 4 members (excludes halogenated alkanes) is 3. The highest BCUT2D eigenvalue weighted by Gasteiger charge is 2.20. The molecule has 1 aliphatic rings. The van der Waals surface area contributed by atoms with Crippen molar-refractivity contribution in [1.82, 2.24) is 0 Å². The highest BCUT2D eigenvalue weighted by Crippen LogP contribution is 2.33. The monoisotopic (exact) mass is 168 g/mol. The van der Waals surface area contributed by atoms with Crippen molar-refractivity contribution in [1.29, 1.82) is 0 Å². The van der Waals surface area contributed by atoms with Gasteiger partial charge in [-0.3, -0.25) is 0 Å². The van der Waals surface area contributed by atoms with Gasteiger partial charge in [-0.25, -0.2) is 0 Å². The first-order chi connectivity index (χ1) is 5.83. The standard InChI is InChI=1S/C12H24/c1-3-4-5-6-7-12-9-8-11(2)10-12/h11-12H,3-10H2,1-2H3. The van der Waals surface area contributed by atoms with Crippen LogP contribution in [0.4, 0.5) is 0 Å². The summed E-state index contributed by atoms with van der Waals surface area (Å²) in [5.74, 6) is 2.12. The minimum absolute atomic E-state index is 1.03. The molecule has 0 spiro atoms. The summed E-state index contributed by atoms with van der Waals surface area (Å²) in [6.45, 7) is 4.70. The van der Waals surface area contributed by atoms with Gasteiger partial charge < -0.3 is 0 Å². The van der Waals surface area contributed by atoms with Gasteiger partial charge in [-0.2, -0.15) is 0 Å². The van der Waals surface area contributed by atoms with E-state index >= 15 is 0 Å². The predicted octanol–water partition coefficient (Wildman–Crippen LogP) is 4.39. The maximum Gasteiger partial charge on any atom is -0.0412 e. The fourth-order valence-corrected chi connectivity index (χ4v) is 2.45. The summed E-state index contributed by atoms with van der Waals surface area (Å²) in [5, 5.41) is 0. The minimum atomic E-state index is 1.03. The molecule has 0 radical (unpaired) electrons. The van der Waals surface area contributed by atoms with Crippen molar-refractivity contribution in [3.63, 3.8) is 0 Å². The molecule has 0 N–H and O–H groups in total. The molecular formula is C12H24. The zero-order chi connectivity index (χ0) is 8.81. The number of hydrogen-bond donors (Lipinski definition) is 0. The van der Waals surface area contributed by atoms with Gasteiger partial charge in [0.05, 0.1) is 0 Å². The fraction of sp³-hybridized carbons (Fsp3) is 1.00. The van der Waals surface area contributed by atoms with E-state index in [9.17, 15) is 0 Å². The van der Waals surface area contributed by atoms with E-state index in [0.717, 1.165) is 11.8 Å². The van der Waals surface area contributed by atoms with Gasteiger partial charge in [0.15, 0.2) is 0 Å². The molecule has 1 rings (SSSR count). The molecule has 1 saturated carbocycles. The third kappa shape index (κ3) is 3.60. The van der Waals surface area contributed by atoms with Crippen molar-refractivity contribution >= 4 is 0 Å². The average molecular weight is 168 g/mol. The summed E-state index contributed by atoms with van der Waals surface area (Å²) < 4.78 is 0. The van der Waals surface area contributed by atoms with E-state index in [0.29, 0.717) is 0 Å². The molecule has 1 aliphatic carbocycles. The summed E-state index contributed by atoms with van der Waals surface area (Å²) in [5.41, 5.74) is 0. The molecule has 0 aromatic rings. The molecule has 72 valence electrons. The third-order valence-corrected chi connectivity index (χ3v) is 3.27. The molecule has 0 nitrogen and oxygen atoms in total. The largest absolute Gasteiger partial charge is 0.0654 e. The molecule has 12 heavy (non-hydrogen) atoms. The van der Waals surface area contributed by atoms with Crippen molar-refractivity contribution in [2.75, 3.05) is 0 Å². The Balaban J connectivity index is 1.93. The Morgan fingerprint density at radius 1 is 1.08 bits per heavy atom. The zero-order valence-corrected chi connectivity index (χ0v) is 8.81. The summed E-state index contributed by atoms with van der Waals surface area (Å²) >= 11 is 0. The SMILES string of the molecule is CCCCCCC1CCC(C)C1. The molecule has 1 fully saturated rings. The van der Waals surface area contributed by atoms with Gasteiger partial charge in [-0.1, -0.05) is 58.8 Å². The Kier molecular flexibility index (Phi) is 4.72. The Morgan fingerprint density at radius 3 is 2.50 bits per heavy atom. The van der Waals surface area contributed by atoms with Crippen molar-refractivity contribution in [2.45, 2.75) is 65.2 Å². The molecule has 0 heterocycles. The van der Waals surface area contributed by atoms with Gasteiger partial charge in [0.25, 0.3) is 0 Å². The number of rotatable bonds is 5. The van der Waals surface area contributed by atoms with Crippen molar-refractivity contribution < 1.29 is 0 Å². The van der Waals surface area contributed by atoms with Crippen LogP contribution in [0.5, 0.6) is 0 Å². The first kappa shape index (κ1) is 10.1. The lowest BCUT2D eigenvalue weighted by atomic mass is 9.98. The second-order valence-electron chi connectivity index (χ2n) is 4.63. The van der Waals surface area contributed by atoms with Crippen LogP contribution in [0.25, 0.3) is 0 Å².